The number of hydrogen-bond acceptors (Lipinski definition) is 3. The third-order valence-corrected chi connectivity index (χ3v) is 3.49. The first-order valence-corrected chi connectivity index (χ1v) is 6.96. The molecule has 1 saturated carbocycles. The number of carbonyl (C=O) groups excluding carboxylic acids is 1. The summed E-state index contributed by atoms with van der Waals surface area (Å²) in [5, 5.41) is 2.95. The van der Waals surface area contributed by atoms with Gasteiger partial charge in [-0.25, -0.2) is 4.98 Å². The summed E-state index contributed by atoms with van der Waals surface area (Å²) in [6.45, 7) is 0.323. The molecule has 1 aliphatic rings. The first-order valence-electron chi connectivity index (χ1n) is 5.38. The highest BCUT2D eigenvalue weighted by Gasteiger charge is 2.23. The van der Waals surface area contributed by atoms with Crippen molar-refractivity contribution in [1.29, 1.82) is 0 Å². The molecule has 1 aliphatic carbocycles. The van der Waals surface area contributed by atoms with Gasteiger partial charge in [-0.2, -0.15) is 0 Å². The van der Waals surface area contributed by atoms with Crippen molar-refractivity contribution in [2.75, 3.05) is 18.5 Å². The van der Waals surface area contributed by atoms with Crippen LogP contribution in [0.25, 0.3) is 0 Å². The molecule has 1 aromatic rings. The average molecular weight is 363 g/mol. The van der Waals surface area contributed by atoms with Crippen molar-refractivity contribution in [3.63, 3.8) is 0 Å². The van der Waals surface area contributed by atoms with Crippen LogP contribution in [-0.4, -0.2) is 30.5 Å². The van der Waals surface area contributed by atoms with Crippen molar-refractivity contribution in [2.24, 2.45) is 0 Å². The molecule has 0 atom stereocenters. The number of aromatic nitrogens is 1. The van der Waals surface area contributed by atoms with Gasteiger partial charge in [0.05, 0.1) is 11.0 Å². The van der Waals surface area contributed by atoms with Crippen LogP contribution in [0.15, 0.2) is 21.2 Å². The summed E-state index contributed by atoms with van der Waals surface area (Å²) in [6, 6.07) is 2.31. The number of pyridine rings is 1. The lowest BCUT2D eigenvalue weighted by atomic mass is 10.4. The van der Waals surface area contributed by atoms with Gasteiger partial charge in [-0.05, 0) is 50.8 Å². The smallest absolute Gasteiger partial charge is 0.239 e. The molecule has 4 nitrogen and oxygen atoms in total. The van der Waals surface area contributed by atoms with Crippen LogP contribution in [0.5, 0.6) is 0 Å². The SMILES string of the molecule is CN(CC(=O)NC1CC1)c1ncc(Br)cc1Br. The minimum atomic E-state index is 0.0478. The van der Waals surface area contributed by atoms with Gasteiger partial charge in [0.15, 0.2) is 0 Å². The second kappa shape index (κ2) is 5.35. The van der Waals surface area contributed by atoms with Gasteiger partial charge in [-0.3, -0.25) is 4.79 Å². The van der Waals surface area contributed by atoms with E-state index in [9.17, 15) is 4.79 Å². The van der Waals surface area contributed by atoms with Gasteiger partial charge in [0.25, 0.3) is 0 Å². The zero-order valence-corrected chi connectivity index (χ0v) is 12.6. The van der Waals surface area contributed by atoms with Crippen molar-refractivity contribution >= 4 is 43.6 Å². The van der Waals surface area contributed by atoms with Crippen molar-refractivity contribution in [2.45, 2.75) is 18.9 Å². The van der Waals surface area contributed by atoms with Gasteiger partial charge in [0, 0.05) is 23.8 Å². The highest BCUT2D eigenvalue weighted by atomic mass is 79.9. The maximum atomic E-state index is 11.7. The summed E-state index contributed by atoms with van der Waals surface area (Å²) in [6.07, 6.45) is 3.93. The number of hydrogen-bond donors (Lipinski definition) is 1. The maximum absolute atomic E-state index is 11.7. The average Bonchev–Trinajstić information content (AvgIpc) is 3.00. The number of nitrogens with one attached hydrogen (secondary N) is 1. The zero-order chi connectivity index (χ0) is 12.4. The molecule has 1 amide bonds. The van der Waals surface area contributed by atoms with Crippen molar-refractivity contribution in [3.8, 4) is 0 Å². The van der Waals surface area contributed by atoms with E-state index in [0.717, 1.165) is 27.6 Å². The van der Waals surface area contributed by atoms with Crippen LogP contribution in [-0.2, 0) is 4.79 Å². The number of likely N-dealkylation sites (N-methyl/N-ethyl adjacent to an activating group) is 1. The Balaban J connectivity index is 1.97. The van der Waals surface area contributed by atoms with E-state index in [1.807, 2.05) is 18.0 Å². The minimum Gasteiger partial charge on any atom is -0.352 e. The standard InChI is InChI=1S/C11H13Br2N3O/c1-16(6-10(17)15-8-2-3-8)11-9(13)4-7(12)5-14-11/h4-5,8H,2-3,6H2,1H3,(H,15,17). The Labute approximate surface area is 117 Å². The maximum Gasteiger partial charge on any atom is 0.239 e. The van der Waals surface area contributed by atoms with Crippen molar-refractivity contribution < 1.29 is 4.79 Å². The Bertz CT molecular complexity index is 435. The van der Waals surface area contributed by atoms with Gasteiger partial charge < -0.3 is 10.2 Å². The summed E-state index contributed by atoms with van der Waals surface area (Å²) in [7, 11) is 1.85. The Kier molecular flexibility index (Phi) is 4.04. The van der Waals surface area contributed by atoms with E-state index in [0.29, 0.717) is 12.6 Å². The molecule has 0 unspecified atom stereocenters. The molecular weight excluding hydrogens is 350 g/mol. The first kappa shape index (κ1) is 12.8. The monoisotopic (exact) mass is 361 g/mol. The van der Waals surface area contributed by atoms with Crippen LogP contribution in [0.1, 0.15) is 12.8 Å². The van der Waals surface area contributed by atoms with E-state index in [4.69, 9.17) is 0 Å². The zero-order valence-electron chi connectivity index (χ0n) is 9.41. The van der Waals surface area contributed by atoms with Gasteiger partial charge in [-0.1, -0.05) is 0 Å². The molecule has 2 rings (SSSR count). The van der Waals surface area contributed by atoms with Crippen LogP contribution >= 0.6 is 31.9 Å². The van der Waals surface area contributed by atoms with Crippen molar-refractivity contribution in [3.05, 3.63) is 21.2 Å². The van der Waals surface area contributed by atoms with Gasteiger partial charge in [-0.15, -0.1) is 0 Å². The molecule has 0 radical (unpaired) electrons. The fourth-order valence-corrected chi connectivity index (χ4v) is 2.77. The van der Waals surface area contributed by atoms with Crippen LogP contribution in [0.4, 0.5) is 5.82 Å². The molecule has 0 saturated heterocycles. The minimum absolute atomic E-state index is 0.0478. The van der Waals surface area contributed by atoms with Gasteiger partial charge in [0.2, 0.25) is 5.91 Å². The lowest BCUT2D eigenvalue weighted by Gasteiger charge is -2.18. The summed E-state index contributed by atoms with van der Waals surface area (Å²) in [5.74, 6) is 0.811. The number of rotatable bonds is 4. The third kappa shape index (κ3) is 3.67. The second-order valence-electron chi connectivity index (χ2n) is 4.16. The predicted octanol–water partition coefficient (Wildman–Crippen LogP) is 2.32. The van der Waals surface area contributed by atoms with Crippen LogP contribution in [0.2, 0.25) is 0 Å². The van der Waals surface area contributed by atoms with E-state index >= 15 is 0 Å². The normalized spacial score (nSPS) is 14.5. The molecule has 17 heavy (non-hydrogen) atoms. The fraction of sp³-hybridized carbons (Fsp3) is 0.455. The largest absolute Gasteiger partial charge is 0.352 e. The highest BCUT2D eigenvalue weighted by Crippen LogP contribution is 2.25. The molecule has 1 N–H and O–H groups in total. The number of carbonyl (C=O) groups is 1. The van der Waals surface area contributed by atoms with E-state index < -0.39 is 0 Å². The lowest BCUT2D eigenvalue weighted by molar-refractivity contribution is -0.119. The van der Waals surface area contributed by atoms with Crippen LogP contribution < -0.4 is 10.2 Å². The quantitative estimate of drug-likeness (QED) is 0.893. The van der Waals surface area contributed by atoms with E-state index in [1.54, 1.807) is 6.20 Å². The summed E-state index contributed by atoms with van der Waals surface area (Å²) in [4.78, 5) is 17.8. The first-order chi connectivity index (χ1) is 8.06. The molecule has 1 aromatic heterocycles. The summed E-state index contributed by atoms with van der Waals surface area (Å²) >= 11 is 6.78. The lowest BCUT2D eigenvalue weighted by Crippen LogP contribution is -2.36. The fourth-order valence-electron chi connectivity index (χ4n) is 1.48. The Morgan fingerprint density at radius 1 is 1.59 bits per heavy atom. The highest BCUT2D eigenvalue weighted by molar-refractivity contribution is 9.11. The van der Waals surface area contributed by atoms with E-state index in [1.165, 1.54) is 0 Å². The van der Waals surface area contributed by atoms with E-state index in [-0.39, 0.29) is 5.91 Å². The van der Waals surface area contributed by atoms with Crippen LogP contribution in [0, 0.1) is 0 Å². The number of halogens is 2. The number of anilines is 1. The molecule has 0 spiro atoms. The third-order valence-electron chi connectivity index (χ3n) is 2.47. The Morgan fingerprint density at radius 3 is 2.88 bits per heavy atom. The topological polar surface area (TPSA) is 45.2 Å². The molecule has 0 bridgehead atoms. The summed E-state index contributed by atoms with van der Waals surface area (Å²) < 4.78 is 1.78. The number of nitrogens with zero attached hydrogens (tertiary/aromatic N) is 2. The van der Waals surface area contributed by atoms with Crippen molar-refractivity contribution in [1.82, 2.24) is 10.3 Å². The molecule has 0 aliphatic heterocycles. The molecule has 1 heterocycles. The predicted molar refractivity (Wildman–Crippen MR) is 74.1 cm³/mol. The van der Waals surface area contributed by atoms with Gasteiger partial charge >= 0.3 is 0 Å². The summed E-state index contributed by atoms with van der Waals surface area (Å²) in [5.41, 5.74) is 0. The Morgan fingerprint density at radius 2 is 2.29 bits per heavy atom. The molecule has 92 valence electrons. The van der Waals surface area contributed by atoms with E-state index in [2.05, 4.69) is 42.2 Å². The molecular formula is C11H13Br2N3O. The van der Waals surface area contributed by atoms with Gasteiger partial charge in [0.1, 0.15) is 5.82 Å². The second-order valence-corrected chi connectivity index (χ2v) is 5.93. The van der Waals surface area contributed by atoms with Crippen LogP contribution in [0.3, 0.4) is 0 Å². The molecule has 0 aromatic carbocycles. The number of amides is 1. The molecule has 6 heteroatoms. The Hall–Kier alpha value is -0.620. The molecule has 1 fully saturated rings.